The van der Waals surface area contributed by atoms with E-state index >= 15 is 0 Å². The van der Waals surface area contributed by atoms with Crippen LogP contribution in [0.4, 0.5) is 13.2 Å². The van der Waals surface area contributed by atoms with Crippen LogP contribution in [0.2, 0.25) is 0 Å². The molecule has 80 valence electrons. The topological polar surface area (TPSA) is 23.8 Å². The first-order valence-corrected chi connectivity index (χ1v) is 4.41. The quantitative estimate of drug-likeness (QED) is 0.755. The molecule has 0 aromatic heterocycles. The first-order valence-electron chi connectivity index (χ1n) is 4.41. The zero-order valence-corrected chi connectivity index (χ0v) is 8.28. The number of nitriles is 1. The molecule has 0 saturated carbocycles. The minimum Gasteiger partial charge on any atom is -0.246 e. The van der Waals surface area contributed by atoms with Gasteiger partial charge in [-0.2, -0.15) is 5.26 Å². The zero-order chi connectivity index (χ0) is 11.4. The summed E-state index contributed by atoms with van der Waals surface area (Å²) in [6.07, 6.45) is 0. The van der Waals surface area contributed by atoms with Crippen molar-refractivity contribution in [2.24, 2.45) is 0 Å². The maximum Gasteiger partial charge on any atom is 0.116 e. The molecule has 0 aliphatic rings. The van der Waals surface area contributed by atoms with E-state index in [1.165, 1.54) is 13.0 Å². The van der Waals surface area contributed by atoms with Crippen LogP contribution in [0.15, 0.2) is 6.07 Å². The van der Waals surface area contributed by atoms with Crippen molar-refractivity contribution in [3.8, 4) is 6.07 Å². The van der Waals surface area contributed by atoms with Gasteiger partial charge in [0.2, 0.25) is 0 Å². The second-order valence-electron chi connectivity index (χ2n) is 3.19. The molecule has 0 heterocycles. The molecule has 0 fully saturated rings. The molecule has 1 rings (SSSR count). The maximum atomic E-state index is 12.6. The van der Waals surface area contributed by atoms with Gasteiger partial charge in [0, 0.05) is 5.56 Å². The molecule has 0 N–H and O–H groups in total. The van der Waals surface area contributed by atoms with Crippen LogP contribution in [0.3, 0.4) is 0 Å². The van der Waals surface area contributed by atoms with Crippen molar-refractivity contribution in [1.82, 2.24) is 0 Å². The second kappa shape index (κ2) is 4.83. The van der Waals surface area contributed by atoms with Crippen LogP contribution in [0, 0.1) is 18.3 Å². The van der Waals surface area contributed by atoms with Crippen molar-refractivity contribution >= 4 is 0 Å². The van der Waals surface area contributed by atoms with E-state index in [9.17, 15) is 13.2 Å². The summed E-state index contributed by atoms with van der Waals surface area (Å²) in [5.41, 5.74) is 0.859. The van der Waals surface area contributed by atoms with E-state index in [0.29, 0.717) is 5.56 Å². The fourth-order valence-electron chi connectivity index (χ4n) is 1.57. The van der Waals surface area contributed by atoms with E-state index in [1.807, 2.05) is 6.07 Å². The van der Waals surface area contributed by atoms with Gasteiger partial charge >= 0.3 is 0 Å². The van der Waals surface area contributed by atoms with Crippen LogP contribution in [0.25, 0.3) is 0 Å². The summed E-state index contributed by atoms with van der Waals surface area (Å²) in [4.78, 5) is 0. The molecule has 4 heteroatoms. The standard InChI is InChI=1S/C11H10F3N/c1-7-10(5-14)8(3-12)2-9(4-13)11(7)6-15/h2H,3-5H2,1H3. The minimum absolute atomic E-state index is 0.113. The molecule has 0 amide bonds. The Kier molecular flexibility index (Phi) is 3.73. The van der Waals surface area contributed by atoms with Crippen molar-refractivity contribution < 1.29 is 13.2 Å². The summed E-state index contributed by atoms with van der Waals surface area (Å²) < 4.78 is 37.7. The van der Waals surface area contributed by atoms with E-state index in [0.717, 1.165) is 0 Å². The van der Waals surface area contributed by atoms with Crippen molar-refractivity contribution in [3.63, 3.8) is 0 Å². The lowest BCUT2D eigenvalue weighted by Gasteiger charge is -2.11. The average Bonchev–Trinajstić information content (AvgIpc) is 2.27. The van der Waals surface area contributed by atoms with Gasteiger partial charge in [-0.1, -0.05) is 0 Å². The molecule has 0 saturated heterocycles. The molecule has 0 radical (unpaired) electrons. The third-order valence-electron chi connectivity index (χ3n) is 2.42. The smallest absolute Gasteiger partial charge is 0.116 e. The van der Waals surface area contributed by atoms with Gasteiger partial charge in [-0.15, -0.1) is 0 Å². The molecule has 1 aromatic rings. The SMILES string of the molecule is Cc1c(C#N)c(CF)cc(CF)c1CF. The number of hydrogen-bond acceptors (Lipinski definition) is 1. The molecule has 0 bridgehead atoms. The largest absolute Gasteiger partial charge is 0.246 e. The molecule has 1 nitrogen and oxygen atoms in total. The Morgan fingerprint density at radius 3 is 2.13 bits per heavy atom. The predicted molar refractivity (Wildman–Crippen MR) is 50.3 cm³/mol. The summed E-state index contributed by atoms with van der Waals surface area (Å²) >= 11 is 0. The van der Waals surface area contributed by atoms with Crippen molar-refractivity contribution in [2.75, 3.05) is 0 Å². The highest BCUT2D eigenvalue weighted by Gasteiger charge is 2.14. The molecule has 0 atom stereocenters. The lowest BCUT2D eigenvalue weighted by atomic mass is 9.94. The van der Waals surface area contributed by atoms with E-state index in [4.69, 9.17) is 5.26 Å². The Balaban J connectivity index is 3.50. The number of hydrogen-bond donors (Lipinski definition) is 0. The molecule has 0 unspecified atom stereocenters. The summed E-state index contributed by atoms with van der Waals surface area (Å²) in [5.74, 6) is 0. The van der Waals surface area contributed by atoms with Crippen LogP contribution in [-0.4, -0.2) is 0 Å². The number of nitrogens with zero attached hydrogens (tertiary/aromatic N) is 1. The number of rotatable bonds is 3. The Hall–Kier alpha value is -1.50. The van der Waals surface area contributed by atoms with Crippen LogP contribution < -0.4 is 0 Å². The Morgan fingerprint density at radius 2 is 1.73 bits per heavy atom. The first kappa shape index (κ1) is 11.6. The number of alkyl halides is 3. The molecule has 1 aromatic carbocycles. The van der Waals surface area contributed by atoms with Crippen LogP contribution >= 0.6 is 0 Å². The van der Waals surface area contributed by atoms with E-state index in [2.05, 4.69) is 0 Å². The first-order chi connectivity index (χ1) is 7.19. The van der Waals surface area contributed by atoms with Gasteiger partial charge in [-0.25, -0.2) is 13.2 Å². The highest BCUT2D eigenvalue weighted by Crippen LogP contribution is 2.25. The maximum absolute atomic E-state index is 12.6. The highest BCUT2D eigenvalue weighted by atomic mass is 19.1. The van der Waals surface area contributed by atoms with E-state index in [1.54, 1.807) is 0 Å². The lowest BCUT2D eigenvalue weighted by molar-refractivity contribution is 0.449. The summed E-state index contributed by atoms with van der Waals surface area (Å²) in [6, 6.07) is 3.03. The Bertz CT molecular complexity index is 407. The summed E-state index contributed by atoms with van der Waals surface area (Å²) in [7, 11) is 0. The van der Waals surface area contributed by atoms with Crippen LogP contribution in [0.1, 0.15) is 27.8 Å². The third kappa shape index (κ3) is 1.96. The molecule has 0 aliphatic heterocycles. The van der Waals surface area contributed by atoms with Gasteiger partial charge in [-0.3, -0.25) is 0 Å². The van der Waals surface area contributed by atoms with Gasteiger partial charge in [0.25, 0.3) is 0 Å². The summed E-state index contributed by atoms with van der Waals surface area (Å²) in [5, 5.41) is 8.78. The van der Waals surface area contributed by atoms with Gasteiger partial charge in [-0.05, 0) is 29.7 Å². The molecular weight excluding hydrogens is 203 g/mol. The normalized spacial score (nSPS) is 10.1. The molecule has 0 aliphatic carbocycles. The lowest BCUT2D eigenvalue weighted by Crippen LogP contribution is -2.01. The van der Waals surface area contributed by atoms with Crippen molar-refractivity contribution in [3.05, 3.63) is 33.9 Å². The van der Waals surface area contributed by atoms with Crippen LogP contribution in [0.5, 0.6) is 0 Å². The average molecular weight is 213 g/mol. The third-order valence-corrected chi connectivity index (χ3v) is 2.42. The van der Waals surface area contributed by atoms with E-state index < -0.39 is 20.0 Å². The predicted octanol–water partition coefficient (Wildman–Crippen LogP) is 3.28. The van der Waals surface area contributed by atoms with Gasteiger partial charge in [0.15, 0.2) is 0 Å². The van der Waals surface area contributed by atoms with E-state index in [-0.39, 0.29) is 22.3 Å². The number of halogens is 3. The van der Waals surface area contributed by atoms with Gasteiger partial charge in [0.1, 0.15) is 20.0 Å². The molecule has 15 heavy (non-hydrogen) atoms. The highest BCUT2D eigenvalue weighted by molar-refractivity contribution is 5.51. The molecular formula is C11H10F3N. The van der Waals surface area contributed by atoms with Gasteiger partial charge in [0.05, 0.1) is 11.6 Å². The summed E-state index contributed by atoms with van der Waals surface area (Å²) in [6.45, 7) is -1.03. The Morgan fingerprint density at radius 1 is 1.13 bits per heavy atom. The fraction of sp³-hybridized carbons (Fsp3) is 0.364. The number of benzene rings is 1. The van der Waals surface area contributed by atoms with Crippen LogP contribution in [-0.2, 0) is 20.0 Å². The van der Waals surface area contributed by atoms with Crippen molar-refractivity contribution in [2.45, 2.75) is 26.9 Å². The van der Waals surface area contributed by atoms with Crippen molar-refractivity contribution in [1.29, 1.82) is 5.26 Å². The minimum atomic E-state index is -0.848. The Labute approximate surface area is 86.1 Å². The van der Waals surface area contributed by atoms with Gasteiger partial charge < -0.3 is 0 Å². The molecule has 0 spiro atoms. The zero-order valence-electron chi connectivity index (χ0n) is 8.28. The second-order valence-corrected chi connectivity index (χ2v) is 3.19. The monoisotopic (exact) mass is 213 g/mol. The fourth-order valence-corrected chi connectivity index (χ4v) is 1.57.